The zero-order valence-corrected chi connectivity index (χ0v) is 13.0. The van der Waals surface area contributed by atoms with E-state index in [1.165, 1.54) is 0 Å². The fourth-order valence-electron chi connectivity index (χ4n) is 1.50. The number of hydrogen-bond donors (Lipinski definition) is 1. The minimum Gasteiger partial charge on any atom is -0.345 e. The molecular formula is C14H8BrClN4O. The van der Waals surface area contributed by atoms with Crippen LogP contribution >= 0.6 is 27.5 Å². The second kappa shape index (κ2) is 8.07. The van der Waals surface area contributed by atoms with E-state index in [1.807, 2.05) is 0 Å². The van der Waals surface area contributed by atoms with Crippen molar-refractivity contribution in [1.29, 1.82) is 15.8 Å². The first kappa shape index (κ1) is 16.7. The second-order valence-electron chi connectivity index (χ2n) is 3.76. The lowest BCUT2D eigenvalue weighted by Crippen LogP contribution is -2.08. The minimum absolute atomic E-state index is 0.146. The summed E-state index contributed by atoms with van der Waals surface area (Å²) in [5.41, 5.74) is 0.104. The number of halogens is 2. The van der Waals surface area contributed by atoms with Crippen molar-refractivity contribution in [3.05, 3.63) is 39.5 Å². The predicted molar refractivity (Wildman–Crippen MR) is 81.3 cm³/mol. The standard InChI is InChI=1S/C14H8BrClN4O/c15-10-1-2-11(14(21)3-4-16)12(5-10)20-13(8-19)9(6-17)7-18/h1-2,5,20H,3-4H2. The monoisotopic (exact) mass is 362 g/mol. The molecule has 0 aromatic heterocycles. The molecule has 0 aliphatic rings. The molecule has 0 spiro atoms. The average molecular weight is 364 g/mol. The Hall–Kier alpha value is -2.33. The summed E-state index contributed by atoms with van der Waals surface area (Å²) in [5, 5.41) is 29.3. The number of carbonyl (C=O) groups is 1. The van der Waals surface area contributed by atoms with Crippen LogP contribution in [0.15, 0.2) is 33.9 Å². The van der Waals surface area contributed by atoms with Crippen LogP contribution in [0, 0.1) is 34.0 Å². The van der Waals surface area contributed by atoms with Gasteiger partial charge in [0.05, 0.1) is 5.69 Å². The van der Waals surface area contributed by atoms with Crippen molar-refractivity contribution in [2.24, 2.45) is 0 Å². The van der Waals surface area contributed by atoms with E-state index in [9.17, 15) is 4.79 Å². The first-order valence-corrected chi connectivity index (χ1v) is 7.00. The zero-order valence-electron chi connectivity index (χ0n) is 10.7. The normalized spacial score (nSPS) is 8.90. The lowest BCUT2D eigenvalue weighted by atomic mass is 10.1. The van der Waals surface area contributed by atoms with Gasteiger partial charge in [-0.15, -0.1) is 11.6 Å². The van der Waals surface area contributed by atoms with Gasteiger partial charge in [-0.3, -0.25) is 4.79 Å². The summed E-state index contributed by atoms with van der Waals surface area (Å²) in [5.74, 6) is -0.0236. The van der Waals surface area contributed by atoms with Crippen molar-refractivity contribution in [2.75, 3.05) is 11.2 Å². The summed E-state index contributed by atoms with van der Waals surface area (Å²) in [7, 11) is 0. The molecule has 0 radical (unpaired) electrons. The molecule has 7 heteroatoms. The molecule has 0 unspecified atom stereocenters. The number of Topliss-reactive ketones (excluding diaryl/α,β-unsaturated/α-hetero) is 1. The average Bonchev–Trinajstić information content (AvgIpc) is 2.47. The van der Waals surface area contributed by atoms with Crippen molar-refractivity contribution in [3.63, 3.8) is 0 Å². The first-order valence-electron chi connectivity index (χ1n) is 5.67. The Kier molecular flexibility index (Phi) is 6.43. The van der Waals surface area contributed by atoms with Crippen LogP contribution in [-0.2, 0) is 0 Å². The molecule has 0 saturated carbocycles. The van der Waals surface area contributed by atoms with Crippen LogP contribution in [-0.4, -0.2) is 11.7 Å². The molecule has 21 heavy (non-hydrogen) atoms. The number of nitrogens with zero attached hydrogens (tertiary/aromatic N) is 3. The van der Waals surface area contributed by atoms with Gasteiger partial charge >= 0.3 is 0 Å². The fraction of sp³-hybridized carbons (Fsp3) is 0.143. The molecule has 1 N–H and O–H groups in total. The molecule has 0 atom stereocenters. The summed E-state index contributed by atoms with van der Waals surface area (Å²) in [6.07, 6.45) is 0.146. The molecule has 1 aromatic carbocycles. The van der Waals surface area contributed by atoms with Crippen molar-refractivity contribution in [1.82, 2.24) is 0 Å². The number of nitrogens with one attached hydrogen (secondary N) is 1. The molecule has 0 aliphatic carbocycles. The zero-order chi connectivity index (χ0) is 15.8. The largest absolute Gasteiger partial charge is 0.345 e. The molecular weight excluding hydrogens is 356 g/mol. The minimum atomic E-state index is -0.354. The van der Waals surface area contributed by atoms with E-state index in [1.54, 1.807) is 36.4 Å². The summed E-state index contributed by atoms with van der Waals surface area (Å²) < 4.78 is 0.681. The van der Waals surface area contributed by atoms with Gasteiger partial charge in [0.2, 0.25) is 0 Å². The maximum Gasteiger partial charge on any atom is 0.166 e. The summed E-state index contributed by atoms with van der Waals surface area (Å²) in [4.78, 5) is 12.0. The van der Waals surface area contributed by atoms with Gasteiger partial charge in [-0.05, 0) is 18.2 Å². The molecule has 1 aromatic rings. The van der Waals surface area contributed by atoms with Crippen LogP contribution in [0.4, 0.5) is 5.69 Å². The Bertz CT molecular complexity index is 706. The van der Waals surface area contributed by atoms with Crippen LogP contribution in [0.1, 0.15) is 16.8 Å². The van der Waals surface area contributed by atoms with Crippen LogP contribution in [0.5, 0.6) is 0 Å². The second-order valence-corrected chi connectivity index (χ2v) is 5.06. The molecule has 104 valence electrons. The lowest BCUT2D eigenvalue weighted by Gasteiger charge is -2.10. The highest BCUT2D eigenvalue weighted by Gasteiger charge is 2.14. The third-order valence-electron chi connectivity index (χ3n) is 2.45. The van der Waals surface area contributed by atoms with Crippen LogP contribution < -0.4 is 5.32 Å². The maximum atomic E-state index is 12.0. The smallest absolute Gasteiger partial charge is 0.166 e. The maximum absolute atomic E-state index is 12.0. The van der Waals surface area contributed by atoms with Crippen molar-refractivity contribution in [2.45, 2.75) is 6.42 Å². The Morgan fingerprint density at radius 1 is 1.24 bits per heavy atom. The Labute approximate surface area is 135 Å². The van der Waals surface area contributed by atoms with Crippen molar-refractivity contribution < 1.29 is 4.79 Å². The molecule has 1 rings (SSSR count). The van der Waals surface area contributed by atoms with E-state index in [0.29, 0.717) is 15.7 Å². The van der Waals surface area contributed by atoms with Crippen molar-refractivity contribution in [3.8, 4) is 18.2 Å². The third kappa shape index (κ3) is 4.33. The van der Waals surface area contributed by atoms with Gasteiger partial charge in [0.25, 0.3) is 0 Å². The molecule has 0 fully saturated rings. The number of benzene rings is 1. The summed E-state index contributed by atoms with van der Waals surface area (Å²) in [6.45, 7) is 0. The van der Waals surface area contributed by atoms with E-state index in [2.05, 4.69) is 21.2 Å². The number of allylic oxidation sites excluding steroid dienone is 2. The van der Waals surface area contributed by atoms with Gasteiger partial charge in [0, 0.05) is 22.3 Å². The van der Waals surface area contributed by atoms with Gasteiger partial charge in [-0.1, -0.05) is 15.9 Å². The number of ketones is 1. The summed E-state index contributed by atoms with van der Waals surface area (Å²) >= 11 is 8.82. The Balaban J connectivity index is 3.32. The molecule has 0 heterocycles. The first-order chi connectivity index (χ1) is 10.1. The van der Waals surface area contributed by atoms with Gasteiger partial charge < -0.3 is 5.32 Å². The highest BCUT2D eigenvalue weighted by molar-refractivity contribution is 9.10. The van der Waals surface area contributed by atoms with Gasteiger partial charge in [0.1, 0.15) is 23.9 Å². The number of anilines is 1. The van der Waals surface area contributed by atoms with Crippen LogP contribution in [0.2, 0.25) is 0 Å². The highest BCUT2D eigenvalue weighted by Crippen LogP contribution is 2.24. The quantitative estimate of drug-likeness (QED) is 0.490. The molecule has 5 nitrogen and oxygen atoms in total. The number of hydrogen-bond acceptors (Lipinski definition) is 5. The Morgan fingerprint density at radius 3 is 2.43 bits per heavy atom. The molecule has 0 aliphatic heterocycles. The topological polar surface area (TPSA) is 100 Å². The third-order valence-corrected chi connectivity index (χ3v) is 3.13. The number of nitriles is 3. The van der Waals surface area contributed by atoms with Gasteiger partial charge in [-0.25, -0.2) is 0 Å². The van der Waals surface area contributed by atoms with Crippen LogP contribution in [0.3, 0.4) is 0 Å². The van der Waals surface area contributed by atoms with E-state index >= 15 is 0 Å². The predicted octanol–water partition coefficient (Wildman–Crippen LogP) is 3.50. The van der Waals surface area contributed by atoms with Crippen LogP contribution in [0.25, 0.3) is 0 Å². The van der Waals surface area contributed by atoms with E-state index in [0.717, 1.165) is 0 Å². The van der Waals surface area contributed by atoms with E-state index in [4.69, 9.17) is 27.4 Å². The summed E-state index contributed by atoms with van der Waals surface area (Å²) in [6, 6.07) is 9.84. The molecule has 0 saturated heterocycles. The van der Waals surface area contributed by atoms with Gasteiger partial charge in [-0.2, -0.15) is 15.8 Å². The molecule has 0 amide bonds. The van der Waals surface area contributed by atoms with Crippen molar-refractivity contribution >= 4 is 39.0 Å². The number of carbonyl (C=O) groups excluding carboxylic acids is 1. The molecule has 0 bridgehead atoms. The Morgan fingerprint density at radius 2 is 1.90 bits per heavy atom. The highest BCUT2D eigenvalue weighted by atomic mass is 79.9. The lowest BCUT2D eigenvalue weighted by molar-refractivity contribution is 0.0990. The number of rotatable bonds is 5. The SMILES string of the molecule is N#CC(C#N)=C(C#N)Nc1cc(Br)ccc1C(=O)CCCl. The number of alkyl halides is 1. The van der Waals surface area contributed by atoms with Gasteiger partial charge in [0.15, 0.2) is 11.4 Å². The van der Waals surface area contributed by atoms with E-state index < -0.39 is 0 Å². The fourth-order valence-corrected chi connectivity index (χ4v) is 2.03. The van der Waals surface area contributed by atoms with E-state index in [-0.39, 0.29) is 29.4 Å².